The van der Waals surface area contributed by atoms with Crippen molar-refractivity contribution < 1.29 is 24.1 Å². The van der Waals surface area contributed by atoms with Crippen LogP contribution in [-0.4, -0.2) is 17.0 Å². The van der Waals surface area contributed by atoms with Crippen LogP contribution in [0.25, 0.3) is 21.7 Å². The minimum absolute atomic E-state index is 0.0543. The van der Waals surface area contributed by atoms with E-state index in [0.29, 0.717) is 27.7 Å². The average Bonchev–Trinajstić information content (AvgIpc) is 2.89. The second kappa shape index (κ2) is 3.57. The van der Waals surface area contributed by atoms with Crippen LogP contribution in [-0.2, 0) is 0 Å². The van der Waals surface area contributed by atoms with Gasteiger partial charge in [0.25, 0.3) is 0 Å². The fourth-order valence-electron chi connectivity index (χ4n) is 2.36. The zero-order chi connectivity index (χ0) is 13.9. The number of benzene rings is 2. The van der Waals surface area contributed by atoms with Gasteiger partial charge in [-0.1, -0.05) is 0 Å². The zero-order valence-electron chi connectivity index (χ0n) is 10.0. The van der Waals surface area contributed by atoms with Crippen molar-refractivity contribution >= 4 is 21.7 Å². The SMILES string of the molecule is O=c1oc2c(O)c(O)ccc2c2cc3c(cc12)OCO3. The Balaban J connectivity index is 2.25. The van der Waals surface area contributed by atoms with Crippen LogP contribution in [0.2, 0.25) is 0 Å². The van der Waals surface area contributed by atoms with Gasteiger partial charge >= 0.3 is 5.63 Å². The van der Waals surface area contributed by atoms with Crippen LogP contribution < -0.4 is 15.1 Å². The number of fused-ring (bicyclic) bond motifs is 4. The van der Waals surface area contributed by atoms with Gasteiger partial charge in [-0.25, -0.2) is 4.79 Å². The lowest BCUT2D eigenvalue weighted by Crippen LogP contribution is -2.00. The van der Waals surface area contributed by atoms with Crippen molar-refractivity contribution in [3.8, 4) is 23.0 Å². The lowest BCUT2D eigenvalue weighted by atomic mass is 10.1. The third kappa shape index (κ3) is 1.30. The summed E-state index contributed by atoms with van der Waals surface area (Å²) in [7, 11) is 0. The Morgan fingerprint density at radius 2 is 1.65 bits per heavy atom. The first-order valence-electron chi connectivity index (χ1n) is 5.86. The summed E-state index contributed by atoms with van der Waals surface area (Å²) in [6, 6.07) is 6.11. The molecule has 0 fully saturated rings. The van der Waals surface area contributed by atoms with Gasteiger partial charge in [-0.2, -0.15) is 0 Å². The molecular formula is C14H8O6. The summed E-state index contributed by atoms with van der Waals surface area (Å²) in [5.74, 6) is 0.198. The van der Waals surface area contributed by atoms with Crippen molar-refractivity contribution in [3.05, 3.63) is 34.7 Å². The van der Waals surface area contributed by atoms with Gasteiger partial charge < -0.3 is 24.1 Å². The first kappa shape index (κ1) is 11.0. The van der Waals surface area contributed by atoms with E-state index < -0.39 is 11.4 Å². The van der Waals surface area contributed by atoms with E-state index in [1.165, 1.54) is 6.07 Å². The molecule has 0 amide bonds. The van der Waals surface area contributed by atoms with Crippen LogP contribution in [0.15, 0.2) is 33.5 Å². The van der Waals surface area contributed by atoms with E-state index in [9.17, 15) is 15.0 Å². The van der Waals surface area contributed by atoms with Crippen molar-refractivity contribution in [3.63, 3.8) is 0 Å². The van der Waals surface area contributed by atoms with Crippen LogP contribution >= 0.6 is 0 Å². The second-order valence-corrected chi connectivity index (χ2v) is 4.45. The van der Waals surface area contributed by atoms with Crippen molar-refractivity contribution in [1.29, 1.82) is 0 Å². The smallest absolute Gasteiger partial charge is 0.344 e. The van der Waals surface area contributed by atoms with Crippen molar-refractivity contribution in [1.82, 2.24) is 0 Å². The molecule has 2 aromatic carbocycles. The van der Waals surface area contributed by atoms with Gasteiger partial charge in [-0.3, -0.25) is 0 Å². The topological polar surface area (TPSA) is 89.1 Å². The average molecular weight is 272 g/mol. The summed E-state index contributed by atoms with van der Waals surface area (Å²) < 4.78 is 15.6. The molecule has 1 aliphatic rings. The highest BCUT2D eigenvalue weighted by Crippen LogP contribution is 2.40. The van der Waals surface area contributed by atoms with Crippen molar-refractivity contribution in [2.75, 3.05) is 6.79 Å². The molecule has 4 rings (SSSR count). The summed E-state index contributed by atoms with van der Waals surface area (Å²) in [5, 5.41) is 20.7. The van der Waals surface area contributed by atoms with Crippen LogP contribution in [0.3, 0.4) is 0 Å². The minimum atomic E-state index is -0.619. The predicted molar refractivity (Wildman–Crippen MR) is 69.4 cm³/mol. The Labute approximate surface area is 111 Å². The van der Waals surface area contributed by atoms with Gasteiger partial charge in [0.1, 0.15) is 0 Å². The normalized spacial score (nSPS) is 13.2. The number of hydrogen-bond acceptors (Lipinski definition) is 6. The summed E-state index contributed by atoms with van der Waals surface area (Å²) >= 11 is 0. The van der Waals surface area contributed by atoms with E-state index in [0.717, 1.165) is 0 Å². The highest BCUT2D eigenvalue weighted by molar-refractivity contribution is 6.07. The monoisotopic (exact) mass is 272 g/mol. The molecule has 0 atom stereocenters. The first-order valence-corrected chi connectivity index (χ1v) is 5.86. The summed E-state index contributed by atoms with van der Waals surface area (Å²) in [5.41, 5.74) is -0.673. The van der Waals surface area contributed by atoms with Gasteiger partial charge in [-0.05, 0) is 24.3 Å². The van der Waals surface area contributed by atoms with Gasteiger partial charge in [0.15, 0.2) is 22.8 Å². The Kier molecular flexibility index (Phi) is 1.96. The number of rotatable bonds is 0. The number of phenols is 2. The molecule has 2 heterocycles. The third-order valence-corrected chi connectivity index (χ3v) is 3.33. The largest absolute Gasteiger partial charge is 0.504 e. The molecular weight excluding hydrogens is 264 g/mol. The van der Waals surface area contributed by atoms with Crippen LogP contribution in [0, 0.1) is 0 Å². The number of ether oxygens (including phenoxy) is 2. The molecule has 1 aromatic heterocycles. The van der Waals surface area contributed by atoms with Gasteiger partial charge in [-0.15, -0.1) is 0 Å². The lowest BCUT2D eigenvalue weighted by molar-refractivity contribution is 0.174. The van der Waals surface area contributed by atoms with E-state index in [4.69, 9.17) is 13.9 Å². The van der Waals surface area contributed by atoms with Crippen LogP contribution in [0.4, 0.5) is 0 Å². The minimum Gasteiger partial charge on any atom is -0.504 e. The molecule has 0 unspecified atom stereocenters. The second-order valence-electron chi connectivity index (χ2n) is 4.45. The third-order valence-electron chi connectivity index (χ3n) is 3.33. The maximum absolute atomic E-state index is 12.0. The number of hydrogen-bond donors (Lipinski definition) is 2. The molecule has 100 valence electrons. The Morgan fingerprint density at radius 3 is 2.40 bits per heavy atom. The maximum atomic E-state index is 12.0. The fourth-order valence-corrected chi connectivity index (χ4v) is 2.36. The first-order chi connectivity index (χ1) is 9.65. The quantitative estimate of drug-likeness (QED) is 0.370. The molecule has 6 nitrogen and oxygen atoms in total. The molecule has 1 aliphatic heterocycles. The zero-order valence-corrected chi connectivity index (χ0v) is 10.0. The summed E-state index contributed by atoms with van der Waals surface area (Å²) in [4.78, 5) is 12.0. The fraction of sp³-hybridized carbons (Fsp3) is 0.0714. The Bertz CT molecular complexity index is 924. The molecule has 6 heteroatoms. The molecule has 0 spiro atoms. The predicted octanol–water partition coefficient (Wildman–Crippen LogP) is 2.09. The lowest BCUT2D eigenvalue weighted by Gasteiger charge is -2.06. The van der Waals surface area contributed by atoms with Crippen LogP contribution in [0.1, 0.15) is 0 Å². The Hall–Kier alpha value is -2.89. The molecule has 0 bridgehead atoms. The van der Waals surface area contributed by atoms with Crippen LogP contribution in [0.5, 0.6) is 23.0 Å². The number of phenolic OH excluding ortho intramolecular Hbond substituents is 2. The van der Waals surface area contributed by atoms with Gasteiger partial charge in [0.2, 0.25) is 12.5 Å². The highest BCUT2D eigenvalue weighted by Gasteiger charge is 2.19. The van der Waals surface area contributed by atoms with Gasteiger partial charge in [0, 0.05) is 10.8 Å². The summed E-state index contributed by atoms with van der Waals surface area (Å²) in [6.45, 7) is 0.0982. The summed E-state index contributed by atoms with van der Waals surface area (Å²) in [6.07, 6.45) is 0. The van der Waals surface area contributed by atoms with E-state index >= 15 is 0 Å². The van der Waals surface area contributed by atoms with Crippen molar-refractivity contribution in [2.24, 2.45) is 0 Å². The molecule has 2 N–H and O–H groups in total. The molecule has 0 saturated heterocycles. The van der Waals surface area contributed by atoms with Gasteiger partial charge in [0.05, 0.1) is 5.39 Å². The molecule has 0 radical (unpaired) electrons. The van der Waals surface area contributed by atoms with E-state index in [1.807, 2.05) is 0 Å². The maximum Gasteiger partial charge on any atom is 0.344 e. The molecule has 0 saturated carbocycles. The highest BCUT2D eigenvalue weighted by atomic mass is 16.7. The molecule has 20 heavy (non-hydrogen) atoms. The van der Waals surface area contributed by atoms with E-state index in [2.05, 4.69) is 0 Å². The molecule has 0 aliphatic carbocycles. The number of aromatic hydroxyl groups is 2. The Morgan fingerprint density at radius 1 is 0.950 bits per heavy atom. The standard InChI is InChI=1S/C14H8O6/c15-9-2-1-6-7-3-10-11(19-5-18-10)4-8(7)14(17)20-13(6)12(9)16/h1-4,15-16H,5H2. The van der Waals surface area contributed by atoms with E-state index in [-0.39, 0.29) is 18.1 Å². The molecule has 3 aromatic rings. The van der Waals surface area contributed by atoms with Crippen molar-refractivity contribution in [2.45, 2.75) is 0 Å². The van der Waals surface area contributed by atoms with E-state index in [1.54, 1.807) is 18.2 Å².